The number of halogens is 1. The van der Waals surface area contributed by atoms with Crippen molar-refractivity contribution in [3.05, 3.63) is 82.5 Å². The SMILES string of the molecule is O=C(Nc1ccc(CCc2nc3ccccc3[nH]2)cc1)c1ccc(Br)o1. The Morgan fingerprint density at radius 3 is 2.58 bits per heavy atom. The molecule has 6 heteroatoms. The molecule has 2 aromatic heterocycles. The molecule has 0 spiro atoms. The number of aryl methyl sites for hydroxylation is 2. The van der Waals surface area contributed by atoms with Crippen LogP contribution in [-0.4, -0.2) is 15.9 Å². The smallest absolute Gasteiger partial charge is 0.291 e. The maximum absolute atomic E-state index is 12.1. The van der Waals surface area contributed by atoms with Crippen LogP contribution in [0, 0.1) is 0 Å². The molecular weight excluding hydrogens is 394 g/mol. The number of carbonyl (C=O) groups excluding carboxylic acids is 1. The van der Waals surface area contributed by atoms with Crippen molar-refractivity contribution >= 4 is 38.6 Å². The van der Waals surface area contributed by atoms with Gasteiger partial charge in [0.25, 0.3) is 5.91 Å². The fourth-order valence-corrected chi connectivity index (χ4v) is 3.08. The molecule has 0 radical (unpaired) electrons. The number of H-pyrrole nitrogens is 1. The van der Waals surface area contributed by atoms with Crippen molar-refractivity contribution in [2.24, 2.45) is 0 Å². The van der Waals surface area contributed by atoms with E-state index in [9.17, 15) is 4.79 Å². The van der Waals surface area contributed by atoms with Crippen LogP contribution in [0.1, 0.15) is 21.9 Å². The topological polar surface area (TPSA) is 70.9 Å². The molecule has 0 aliphatic rings. The second-order valence-corrected chi connectivity index (χ2v) is 6.74. The van der Waals surface area contributed by atoms with Crippen LogP contribution in [0.4, 0.5) is 5.69 Å². The van der Waals surface area contributed by atoms with E-state index in [0.717, 1.165) is 35.4 Å². The molecule has 1 amide bonds. The van der Waals surface area contributed by atoms with Crippen LogP contribution >= 0.6 is 15.9 Å². The van der Waals surface area contributed by atoms with Crippen molar-refractivity contribution < 1.29 is 9.21 Å². The van der Waals surface area contributed by atoms with Gasteiger partial charge >= 0.3 is 0 Å². The number of nitrogens with zero attached hydrogens (tertiary/aromatic N) is 1. The van der Waals surface area contributed by atoms with Gasteiger partial charge in [0.05, 0.1) is 11.0 Å². The van der Waals surface area contributed by atoms with Gasteiger partial charge in [0.1, 0.15) is 5.82 Å². The molecule has 5 nitrogen and oxygen atoms in total. The summed E-state index contributed by atoms with van der Waals surface area (Å²) in [5.41, 5.74) is 3.97. The summed E-state index contributed by atoms with van der Waals surface area (Å²) in [5.74, 6) is 0.975. The Bertz CT molecular complexity index is 1020. The fourth-order valence-electron chi connectivity index (χ4n) is 2.77. The molecule has 130 valence electrons. The molecule has 2 aromatic carbocycles. The second kappa shape index (κ2) is 7.17. The molecule has 26 heavy (non-hydrogen) atoms. The molecule has 2 heterocycles. The lowest BCUT2D eigenvalue weighted by atomic mass is 10.1. The molecule has 0 unspecified atom stereocenters. The van der Waals surface area contributed by atoms with Crippen LogP contribution in [0.3, 0.4) is 0 Å². The second-order valence-electron chi connectivity index (χ2n) is 5.96. The van der Waals surface area contributed by atoms with Crippen molar-refractivity contribution in [1.82, 2.24) is 9.97 Å². The lowest BCUT2D eigenvalue weighted by molar-refractivity contribution is 0.0995. The lowest BCUT2D eigenvalue weighted by Gasteiger charge is -2.05. The molecule has 0 bridgehead atoms. The number of hydrogen-bond acceptors (Lipinski definition) is 3. The minimum atomic E-state index is -0.272. The van der Waals surface area contributed by atoms with E-state index in [4.69, 9.17) is 4.42 Å². The van der Waals surface area contributed by atoms with Crippen LogP contribution in [0.15, 0.2) is 69.8 Å². The van der Waals surface area contributed by atoms with E-state index < -0.39 is 0 Å². The van der Waals surface area contributed by atoms with Crippen molar-refractivity contribution in [3.8, 4) is 0 Å². The Kier molecular flexibility index (Phi) is 4.58. The number of aromatic amines is 1. The van der Waals surface area contributed by atoms with Gasteiger partial charge in [-0.25, -0.2) is 4.98 Å². The number of carbonyl (C=O) groups is 1. The lowest BCUT2D eigenvalue weighted by Crippen LogP contribution is -2.10. The molecular formula is C20H16BrN3O2. The zero-order chi connectivity index (χ0) is 17.9. The number of fused-ring (bicyclic) bond motifs is 1. The largest absolute Gasteiger partial charge is 0.444 e. The van der Waals surface area contributed by atoms with E-state index in [2.05, 4.69) is 31.2 Å². The summed E-state index contributed by atoms with van der Waals surface area (Å²) >= 11 is 3.19. The summed E-state index contributed by atoms with van der Waals surface area (Å²) in [6.07, 6.45) is 1.71. The monoisotopic (exact) mass is 409 g/mol. The molecule has 0 saturated carbocycles. The Labute approximate surface area is 158 Å². The third-order valence-corrected chi connectivity index (χ3v) is 4.52. The number of anilines is 1. The van der Waals surface area contributed by atoms with Crippen molar-refractivity contribution in [2.45, 2.75) is 12.8 Å². The number of hydrogen-bond donors (Lipinski definition) is 2. The first kappa shape index (κ1) is 16.6. The van der Waals surface area contributed by atoms with Gasteiger partial charge in [0, 0.05) is 12.1 Å². The number of amides is 1. The maximum Gasteiger partial charge on any atom is 0.291 e. The molecule has 4 aromatic rings. The molecule has 0 fully saturated rings. The zero-order valence-electron chi connectivity index (χ0n) is 13.8. The molecule has 0 aliphatic carbocycles. The van der Waals surface area contributed by atoms with Gasteiger partial charge < -0.3 is 14.7 Å². The van der Waals surface area contributed by atoms with E-state index in [1.54, 1.807) is 12.1 Å². The zero-order valence-corrected chi connectivity index (χ0v) is 15.4. The molecule has 0 aliphatic heterocycles. The molecule has 4 rings (SSSR count). The first-order chi connectivity index (χ1) is 12.7. The Hall–Kier alpha value is -2.86. The van der Waals surface area contributed by atoms with E-state index in [1.165, 1.54) is 5.56 Å². The number of rotatable bonds is 5. The molecule has 0 atom stereocenters. The quantitative estimate of drug-likeness (QED) is 0.489. The standard InChI is InChI=1S/C20H16BrN3O2/c21-18-11-10-17(26-18)20(25)22-14-8-5-13(6-9-14)7-12-19-23-15-3-1-2-4-16(15)24-19/h1-6,8-11H,7,12H2,(H,22,25)(H,23,24). The highest BCUT2D eigenvalue weighted by Crippen LogP contribution is 2.17. The summed E-state index contributed by atoms with van der Waals surface area (Å²) in [5, 5.41) is 2.82. The highest BCUT2D eigenvalue weighted by Gasteiger charge is 2.10. The molecule has 2 N–H and O–H groups in total. The van der Waals surface area contributed by atoms with Gasteiger partial charge in [-0.2, -0.15) is 0 Å². The van der Waals surface area contributed by atoms with E-state index in [1.807, 2.05) is 48.5 Å². The first-order valence-electron chi connectivity index (χ1n) is 8.27. The van der Waals surface area contributed by atoms with Crippen LogP contribution in [0.5, 0.6) is 0 Å². The maximum atomic E-state index is 12.1. The molecule has 0 saturated heterocycles. The average molecular weight is 410 g/mol. The van der Waals surface area contributed by atoms with Gasteiger partial charge in [-0.1, -0.05) is 24.3 Å². The average Bonchev–Trinajstić information content (AvgIpc) is 3.27. The highest BCUT2D eigenvalue weighted by molar-refractivity contribution is 9.10. The minimum absolute atomic E-state index is 0.269. The van der Waals surface area contributed by atoms with Crippen molar-refractivity contribution in [3.63, 3.8) is 0 Å². The number of imidazole rings is 1. The number of nitrogens with one attached hydrogen (secondary N) is 2. The van der Waals surface area contributed by atoms with E-state index in [-0.39, 0.29) is 11.7 Å². The summed E-state index contributed by atoms with van der Waals surface area (Å²) in [7, 11) is 0. The summed E-state index contributed by atoms with van der Waals surface area (Å²) < 4.78 is 5.78. The van der Waals surface area contributed by atoms with Crippen LogP contribution in [-0.2, 0) is 12.8 Å². The number of benzene rings is 2. The van der Waals surface area contributed by atoms with Crippen LogP contribution in [0.2, 0.25) is 0 Å². The van der Waals surface area contributed by atoms with Crippen molar-refractivity contribution in [1.29, 1.82) is 0 Å². The predicted molar refractivity (Wildman–Crippen MR) is 104 cm³/mol. The van der Waals surface area contributed by atoms with Gasteiger partial charge in [0.2, 0.25) is 0 Å². The van der Waals surface area contributed by atoms with Gasteiger partial charge in [-0.15, -0.1) is 0 Å². The third kappa shape index (κ3) is 3.70. The van der Waals surface area contributed by atoms with E-state index in [0.29, 0.717) is 4.67 Å². The van der Waals surface area contributed by atoms with Crippen molar-refractivity contribution in [2.75, 3.05) is 5.32 Å². The summed E-state index contributed by atoms with van der Waals surface area (Å²) in [4.78, 5) is 20.0. The summed E-state index contributed by atoms with van der Waals surface area (Å²) in [6.45, 7) is 0. The fraction of sp³-hybridized carbons (Fsp3) is 0.100. The number of furan rings is 1. The van der Waals surface area contributed by atoms with Crippen LogP contribution in [0.25, 0.3) is 11.0 Å². The number of para-hydroxylation sites is 2. The summed E-state index contributed by atoms with van der Waals surface area (Å²) in [6, 6.07) is 19.1. The van der Waals surface area contributed by atoms with E-state index >= 15 is 0 Å². The highest BCUT2D eigenvalue weighted by atomic mass is 79.9. The van der Waals surface area contributed by atoms with Gasteiger partial charge in [-0.3, -0.25) is 4.79 Å². The Morgan fingerprint density at radius 1 is 1.04 bits per heavy atom. The first-order valence-corrected chi connectivity index (χ1v) is 9.06. The third-order valence-electron chi connectivity index (χ3n) is 4.10. The minimum Gasteiger partial charge on any atom is -0.444 e. The Balaban J connectivity index is 1.37. The number of aromatic nitrogens is 2. The predicted octanol–water partition coefficient (Wildman–Crippen LogP) is 4.96. The van der Waals surface area contributed by atoms with Gasteiger partial charge in [0.15, 0.2) is 10.4 Å². The van der Waals surface area contributed by atoms with Crippen LogP contribution < -0.4 is 5.32 Å². The van der Waals surface area contributed by atoms with Gasteiger partial charge in [-0.05, 0) is 64.3 Å². The Morgan fingerprint density at radius 2 is 1.85 bits per heavy atom. The normalized spacial score (nSPS) is 11.0.